The summed E-state index contributed by atoms with van der Waals surface area (Å²) in [6.45, 7) is 0. The molecule has 7 nitrogen and oxygen atoms in total. The van der Waals surface area contributed by atoms with Crippen LogP contribution in [-0.2, 0) is 0 Å². The van der Waals surface area contributed by atoms with Gasteiger partial charge in [-0.25, -0.2) is 4.98 Å². The average Bonchev–Trinajstić information content (AvgIpc) is 2.95. The van der Waals surface area contributed by atoms with Crippen LogP contribution in [0, 0.1) is 10.1 Å². The van der Waals surface area contributed by atoms with Crippen molar-refractivity contribution in [2.45, 2.75) is 0 Å². The largest absolute Gasteiger partial charge is 0.368 e. The monoisotopic (exact) mass is 341 g/mol. The molecule has 0 aliphatic heterocycles. The van der Waals surface area contributed by atoms with Crippen molar-refractivity contribution in [2.75, 3.05) is 5.73 Å². The van der Waals surface area contributed by atoms with Gasteiger partial charge < -0.3 is 5.73 Å². The number of rotatable bonds is 4. The normalized spacial score (nSPS) is 11.0. The summed E-state index contributed by atoms with van der Waals surface area (Å²) in [5.74, 6) is 0.210. The van der Waals surface area contributed by atoms with Crippen LogP contribution in [-0.4, -0.2) is 20.8 Å². The number of benzene rings is 2. The fourth-order valence-electron chi connectivity index (χ4n) is 2.14. The van der Waals surface area contributed by atoms with Gasteiger partial charge >= 0.3 is 0 Å². The maximum absolute atomic E-state index is 10.8. The highest BCUT2D eigenvalue weighted by atomic mass is 35.5. The van der Waals surface area contributed by atoms with Crippen LogP contribution in [0.4, 0.5) is 11.6 Å². The Morgan fingerprint density at radius 3 is 2.71 bits per heavy atom. The molecule has 0 bridgehead atoms. The molecule has 3 aromatic rings. The highest BCUT2D eigenvalue weighted by molar-refractivity contribution is 6.30. The molecule has 1 aromatic heterocycles. The van der Waals surface area contributed by atoms with Gasteiger partial charge in [0.05, 0.1) is 23.0 Å². The van der Waals surface area contributed by atoms with Gasteiger partial charge in [-0.15, -0.1) is 0 Å². The fourth-order valence-corrected chi connectivity index (χ4v) is 2.27. The Morgan fingerprint density at radius 2 is 2.00 bits per heavy atom. The second-order valence-electron chi connectivity index (χ2n) is 4.92. The van der Waals surface area contributed by atoms with Gasteiger partial charge in [0, 0.05) is 28.3 Å². The molecule has 0 spiro atoms. The first-order chi connectivity index (χ1) is 11.5. The highest BCUT2D eigenvalue weighted by Crippen LogP contribution is 2.23. The lowest BCUT2D eigenvalue weighted by Crippen LogP contribution is -2.00. The fraction of sp³-hybridized carbons (Fsp3) is 0. The van der Waals surface area contributed by atoms with Crippen molar-refractivity contribution in [1.82, 2.24) is 9.66 Å². The second-order valence-corrected chi connectivity index (χ2v) is 5.35. The smallest absolute Gasteiger partial charge is 0.270 e. The number of nitrogen functional groups attached to an aromatic ring is 1. The molecule has 0 saturated heterocycles. The summed E-state index contributed by atoms with van der Waals surface area (Å²) in [5.41, 5.74) is 7.97. The van der Waals surface area contributed by atoms with Gasteiger partial charge in [0.15, 0.2) is 0 Å². The predicted molar refractivity (Wildman–Crippen MR) is 93.2 cm³/mol. The minimum Gasteiger partial charge on any atom is -0.368 e. The quantitative estimate of drug-likeness (QED) is 0.445. The molecule has 1 heterocycles. The number of nitro benzene ring substituents is 1. The number of hydrogen-bond acceptors (Lipinski definition) is 5. The number of nitro groups is 1. The summed E-state index contributed by atoms with van der Waals surface area (Å²) < 4.78 is 1.46. The van der Waals surface area contributed by atoms with E-state index in [4.69, 9.17) is 17.3 Å². The molecule has 2 N–H and O–H groups in total. The molecule has 24 heavy (non-hydrogen) atoms. The van der Waals surface area contributed by atoms with E-state index >= 15 is 0 Å². The van der Waals surface area contributed by atoms with Crippen LogP contribution in [0.2, 0.25) is 5.02 Å². The third kappa shape index (κ3) is 3.26. The van der Waals surface area contributed by atoms with Crippen molar-refractivity contribution in [3.8, 4) is 11.3 Å². The molecule has 8 heteroatoms. The Kier molecular flexibility index (Phi) is 4.26. The maximum atomic E-state index is 10.8. The number of aromatic nitrogens is 2. The standard InChI is InChI=1S/C16H12ClN5O2/c17-13-6-4-12(5-7-13)15-10-19-16(18)21(15)20-9-11-2-1-3-14(8-11)22(23)24/h1-10H,(H2,18,19). The summed E-state index contributed by atoms with van der Waals surface area (Å²) in [6, 6.07) is 13.3. The van der Waals surface area contributed by atoms with Gasteiger partial charge in [-0.1, -0.05) is 35.9 Å². The third-order valence-electron chi connectivity index (χ3n) is 3.31. The second kappa shape index (κ2) is 6.51. The van der Waals surface area contributed by atoms with E-state index in [1.807, 2.05) is 12.1 Å². The number of halogens is 1. The van der Waals surface area contributed by atoms with Gasteiger partial charge in [-0.2, -0.15) is 9.78 Å². The maximum Gasteiger partial charge on any atom is 0.270 e. The van der Waals surface area contributed by atoms with Gasteiger partial charge in [0.2, 0.25) is 5.95 Å². The zero-order valence-corrected chi connectivity index (χ0v) is 13.1. The molecule has 0 atom stereocenters. The lowest BCUT2D eigenvalue weighted by Gasteiger charge is -2.04. The van der Waals surface area contributed by atoms with Crippen molar-refractivity contribution >= 4 is 29.5 Å². The van der Waals surface area contributed by atoms with Crippen molar-refractivity contribution in [1.29, 1.82) is 0 Å². The van der Waals surface area contributed by atoms with Crippen molar-refractivity contribution < 1.29 is 4.92 Å². The summed E-state index contributed by atoms with van der Waals surface area (Å²) in [4.78, 5) is 14.4. The van der Waals surface area contributed by atoms with Crippen LogP contribution in [0.1, 0.15) is 5.56 Å². The van der Waals surface area contributed by atoms with E-state index < -0.39 is 4.92 Å². The number of non-ortho nitro benzene ring substituents is 1. The molecule has 0 amide bonds. The van der Waals surface area contributed by atoms with Crippen LogP contribution in [0.25, 0.3) is 11.3 Å². The molecule has 2 aromatic carbocycles. The first-order valence-corrected chi connectivity index (χ1v) is 7.30. The summed E-state index contributed by atoms with van der Waals surface area (Å²) in [5, 5.41) is 15.7. The van der Waals surface area contributed by atoms with E-state index in [0.717, 1.165) is 5.56 Å². The van der Waals surface area contributed by atoms with Crippen LogP contribution in [0.3, 0.4) is 0 Å². The molecule has 0 unspecified atom stereocenters. The Morgan fingerprint density at radius 1 is 1.25 bits per heavy atom. The Hall–Kier alpha value is -3.19. The molecule has 0 aliphatic rings. The molecule has 3 rings (SSSR count). The van der Waals surface area contributed by atoms with Crippen molar-refractivity contribution in [2.24, 2.45) is 5.10 Å². The lowest BCUT2D eigenvalue weighted by molar-refractivity contribution is -0.384. The zero-order valence-electron chi connectivity index (χ0n) is 12.3. The molecule has 120 valence electrons. The Balaban J connectivity index is 1.96. The van der Waals surface area contributed by atoms with E-state index in [9.17, 15) is 10.1 Å². The Bertz CT molecular complexity index is 918. The number of nitrogens with two attached hydrogens (primary N) is 1. The lowest BCUT2D eigenvalue weighted by atomic mass is 10.2. The number of hydrogen-bond donors (Lipinski definition) is 1. The van der Waals surface area contributed by atoms with Crippen molar-refractivity contribution in [3.63, 3.8) is 0 Å². The molecule has 0 saturated carbocycles. The molecule has 0 fully saturated rings. The van der Waals surface area contributed by atoms with Gasteiger partial charge in [0.25, 0.3) is 5.69 Å². The third-order valence-corrected chi connectivity index (χ3v) is 3.56. The van der Waals surface area contributed by atoms with Crippen LogP contribution >= 0.6 is 11.6 Å². The summed E-state index contributed by atoms with van der Waals surface area (Å²) in [7, 11) is 0. The number of nitrogens with zero attached hydrogens (tertiary/aromatic N) is 4. The van der Waals surface area contributed by atoms with Crippen LogP contribution in [0.15, 0.2) is 59.8 Å². The molecule has 0 radical (unpaired) electrons. The van der Waals surface area contributed by atoms with E-state index in [0.29, 0.717) is 16.3 Å². The predicted octanol–water partition coefficient (Wildman–Crippen LogP) is 3.58. The summed E-state index contributed by atoms with van der Waals surface area (Å²) in [6.07, 6.45) is 3.09. The zero-order chi connectivity index (χ0) is 17.1. The van der Waals surface area contributed by atoms with Crippen molar-refractivity contribution in [3.05, 3.63) is 75.4 Å². The van der Waals surface area contributed by atoms with E-state index in [-0.39, 0.29) is 11.6 Å². The Labute approximate surface area is 142 Å². The summed E-state index contributed by atoms with van der Waals surface area (Å²) >= 11 is 5.89. The van der Waals surface area contributed by atoms with E-state index in [2.05, 4.69) is 10.1 Å². The first kappa shape index (κ1) is 15.7. The molecular weight excluding hydrogens is 330 g/mol. The van der Waals surface area contributed by atoms with Crippen LogP contribution in [0.5, 0.6) is 0 Å². The SMILES string of the molecule is Nc1ncc(-c2ccc(Cl)cc2)n1N=Cc1cccc([N+](=O)[O-])c1. The minimum atomic E-state index is -0.456. The minimum absolute atomic E-state index is 0.00419. The first-order valence-electron chi connectivity index (χ1n) is 6.92. The van der Waals surface area contributed by atoms with Gasteiger partial charge in [0.1, 0.15) is 0 Å². The topological polar surface area (TPSA) is 99.3 Å². The average molecular weight is 342 g/mol. The highest BCUT2D eigenvalue weighted by Gasteiger charge is 2.09. The number of imidazole rings is 1. The number of anilines is 1. The van der Waals surface area contributed by atoms with E-state index in [1.165, 1.54) is 23.0 Å². The van der Waals surface area contributed by atoms with Crippen LogP contribution < -0.4 is 5.73 Å². The molecular formula is C16H12ClN5O2. The molecule has 0 aliphatic carbocycles. The van der Waals surface area contributed by atoms with Gasteiger partial charge in [-0.3, -0.25) is 10.1 Å². The van der Waals surface area contributed by atoms with E-state index in [1.54, 1.807) is 30.5 Å². The van der Waals surface area contributed by atoms with Gasteiger partial charge in [-0.05, 0) is 12.1 Å².